The predicted octanol–water partition coefficient (Wildman–Crippen LogP) is 1.64. The molecule has 0 aliphatic heterocycles. The second-order valence-corrected chi connectivity index (χ2v) is 3.74. The number of fused-ring (bicyclic) bond motifs is 1. The minimum absolute atomic E-state index is 0.577. The number of hydrogen-bond acceptors (Lipinski definition) is 5. The van der Waals surface area contributed by atoms with Gasteiger partial charge in [-0.15, -0.1) is 0 Å². The fraction of sp³-hybridized carbons (Fsp3) is 0.182. The molecule has 0 unspecified atom stereocenters. The van der Waals surface area contributed by atoms with E-state index in [1.54, 1.807) is 17.0 Å². The van der Waals surface area contributed by atoms with Crippen molar-refractivity contribution in [3.63, 3.8) is 0 Å². The summed E-state index contributed by atoms with van der Waals surface area (Å²) >= 11 is 0. The third-order valence-corrected chi connectivity index (χ3v) is 2.44. The average Bonchev–Trinajstić information content (AvgIpc) is 2.93. The summed E-state index contributed by atoms with van der Waals surface area (Å²) in [6.07, 6.45) is 5.09. The van der Waals surface area contributed by atoms with Crippen LogP contribution in [0.2, 0.25) is 0 Å². The van der Waals surface area contributed by atoms with Crippen molar-refractivity contribution in [2.75, 3.05) is 5.32 Å². The Hall–Kier alpha value is -2.37. The van der Waals surface area contributed by atoms with Crippen LogP contribution in [0.25, 0.3) is 5.52 Å². The molecule has 0 aliphatic carbocycles. The normalized spacial score (nSPS) is 10.9. The zero-order valence-corrected chi connectivity index (χ0v) is 9.29. The molecule has 0 amide bonds. The van der Waals surface area contributed by atoms with Crippen molar-refractivity contribution in [2.24, 2.45) is 0 Å². The molecule has 3 aromatic rings. The molecule has 0 aromatic carbocycles. The summed E-state index contributed by atoms with van der Waals surface area (Å²) in [5.74, 6) is 0.788. The lowest BCUT2D eigenvalue weighted by atomic mass is 10.4. The van der Waals surface area contributed by atoms with E-state index in [1.165, 1.54) is 0 Å². The van der Waals surface area contributed by atoms with Gasteiger partial charge in [-0.1, -0.05) is 5.16 Å². The zero-order valence-electron chi connectivity index (χ0n) is 9.29. The predicted molar refractivity (Wildman–Crippen MR) is 61.6 cm³/mol. The number of rotatable bonds is 3. The molecule has 0 fully saturated rings. The van der Waals surface area contributed by atoms with Crippen LogP contribution in [0.5, 0.6) is 0 Å². The first kappa shape index (κ1) is 9.83. The lowest BCUT2D eigenvalue weighted by molar-refractivity contribution is 0.412. The molecule has 1 N–H and O–H groups in total. The maximum Gasteiger partial charge on any atom is 0.152 e. The van der Waals surface area contributed by atoms with Crippen LogP contribution in [0.15, 0.2) is 35.3 Å². The number of nitrogens with zero attached hydrogens (tertiary/aromatic N) is 4. The number of aromatic nitrogens is 4. The Bertz CT molecular complexity index is 628. The molecule has 0 atom stereocenters. The van der Waals surface area contributed by atoms with Gasteiger partial charge in [-0.25, -0.2) is 9.50 Å². The summed E-state index contributed by atoms with van der Waals surface area (Å²) in [6.45, 7) is 2.53. The number of aryl methyl sites for hydroxylation is 1. The summed E-state index contributed by atoms with van der Waals surface area (Å²) in [5, 5.41) is 11.4. The zero-order chi connectivity index (χ0) is 11.7. The Kier molecular flexibility index (Phi) is 2.25. The Morgan fingerprint density at radius 3 is 3.24 bits per heavy atom. The first-order valence-corrected chi connectivity index (χ1v) is 5.27. The van der Waals surface area contributed by atoms with Crippen LogP contribution in [0, 0.1) is 6.92 Å². The van der Waals surface area contributed by atoms with Gasteiger partial charge in [0.15, 0.2) is 5.82 Å². The van der Waals surface area contributed by atoms with Crippen molar-refractivity contribution >= 4 is 11.3 Å². The smallest absolute Gasteiger partial charge is 0.152 e. The molecule has 3 aromatic heterocycles. The lowest BCUT2D eigenvalue weighted by Gasteiger charge is -2.04. The summed E-state index contributed by atoms with van der Waals surface area (Å²) in [6, 6.07) is 3.80. The number of hydrogen-bond donors (Lipinski definition) is 1. The first-order valence-electron chi connectivity index (χ1n) is 5.27. The SMILES string of the molecule is Cc1cc2c(NCc3ccon3)nccn2n1. The largest absolute Gasteiger partial charge is 0.364 e. The number of nitrogens with one attached hydrogen (secondary N) is 1. The molecule has 0 saturated carbocycles. The second kappa shape index (κ2) is 3.89. The fourth-order valence-corrected chi connectivity index (χ4v) is 1.68. The van der Waals surface area contributed by atoms with Crippen molar-refractivity contribution in [1.82, 2.24) is 19.8 Å². The van der Waals surface area contributed by atoms with Gasteiger partial charge >= 0.3 is 0 Å². The molecule has 86 valence electrons. The Morgan fingerprint density at radius 1 is 1.47 bits per heavy atom. The van der Waals surface area contributed by atoms with E-state index < -0.39 is 0 Å². The van der Waals surface area contributed by atoms with Crippen LogP contribution in [0.3, 0.4) is 0 Å². The van der Waals surface area contributed by atoms with Gasteiger partial charge in [0.05, 0.1) is 12.2 Å². The fourth-order valence-electron chi connectivity index (χ4n) is 1.68. The highest BCUT2D eigenvalue weighted by molar-refractivity contribution is 5.67. The van der Waals surface area contributed by atoms with Crippen LogP contribution in [0.4, 0.5) is 5.82 Å². The van der Waals surface area contributed by atoms with Gasteiger partial charge in [0.25, 0.3) is 0 Å². The van der Waals surface area contributed by atoms with Crippen molar-refractivity contribution in [2.45, 2.75) is 13.5 Å². The molecular formula is C11H11N5O. The van der Waals surface area contributed by atoms with E-state index in [0.717, 1.165) is 22.7 Å². The van der Waals surface area contributed by atoms with Gasteiger partial charge in [-0.3, -0.25) is 0 Å². The van der Waals surface area contributed by atoms with E-state index >= 15 is 0 Å². The van der Waals surface area contributed by atoms with Crippen molar-refractivity contribution in [3.05, 3.63) is 42.2 Å². The van der Waals surface area contributed by atoms with E-state index in [0.29, 0.717) is 6.54 Å². The van der Waals surface area contributed by atoms with Crippen molar-refractivity contribution in [3.8, 4) is 0 Å². The summed E-state index contributed by atoms with van der Waals surface area (Å²) in [7, 11) is 0. The first-order chi connectivity index (χ1) is 8.33. The highest BCUT2D eigenvalue weighted by atomic mass is 16.5. The molecule has 6 heteroatoms. The monoisotopic (exact) mass is 229 g/mol. The molecule has 6 nitrogen and oxygen atoms in total. The van der Waals surface area contributed by atoms with Crippen LogP contribution in [-0.4, -0.2) is 19.8 Å². The van der Waals surface area contributed by atoms with E-state index in [1.807, 2.05) is 25.3 Å². The van der Waals surface area contributed by atoms with Gasteiger partial charge in [-0.05, 0) is 13.0 Å². The molecule has 0 bridgehead atoms. The van der Waals surface area contributed by atoms with Gasteiger partial charge in [0.2, 0.25) is 0 Å². The van der Waals surface area contributed by atoms with E-state index in [-0.39, 0.29) is 0 Å². The van der Waals surface area contributed by atoms with E-state index in [9.17, 15) is 0 Å². The molecule has 0 radical (unpaired) electrons. The molecule has 0 spiro atoms. The van der Waals surface area contributed by atoms with Crippen molar-refractivity contribution < 1.29 is 4.52 Å². The van der Waals surface area contributed by atoms with Crippen molar-refractivity contribution in [1.29, 1.82) is 0 Å². The van der Waals surface area contributed by atoms with Gasteiger partial charge < -0.3 is 9.84 Å². The summed E-state index contributed by atoms with van der Waals surface area (Å²) in [5.41, 5.74) is 2.75. The highest BCUT2D eigenvalue weighted by Gasteiger charge is 2.05. The maximum atomic E-state index is 4.77. The Labute approximate surface area is 97.3 Å². The minimum atomic E-state index is 0.577. The molecule has 3 rings (SSSR count). The average molecular weight is 229 g/mol. The third-order valence-electron chi connectivity index (χ3n) is 2.44. The number of anilines is 1. The lowest BCUT2D eigenvalue weighted by Crippen LogP contribution is -2.03. The minimum Gasteiger partial charge on any atom is -0.364 e. The topological polar surface area (TPSA) is 68.2 Å². The maximum absolute atomic E-state index is 4.77. The van der Waals surface area contributed by atoms with E-state index in [2.05, 4.69) is 20.6 Å². The molecule has 0 aliphatic rings. The molecular weight excluding hydrogens is 218 g/mol. The standard InChI is InChI=1S/C11H11N5O/c1-8-6-10-11(12-3-4-16(10)14-8)13-7-9-2-5-17-15-9/h2-6H,7H2,1H3,(H,12,13). The molecule has 0 saturated heterocycles. The molecule has 17 heavy (non-hydrogen) atoms. The summed E-state index contributed by atoms with van der Waals surface area (Å²) in [4.78, 5) is 4.29. The van der Waals surface area contributed by atoms with Crippen LogP contribution in [0.1, 0.15) is 11.4 Å². The highest BCUT2D eigenvalue weighted by Crippen LogP contribution is 2.15. The van der Waals surface area contributed by atoms with Gasteiger partial charge in [-0.2, -0.15) is 5.10 Å². The van der Waals surface area contributed by atoms with Crippen LogP contribution in [-0.2, 0) is 6.54 Å². The van der Waals surface area contributed by atoms with Crippen LogP contribution >= 0.6 is 0 Å². The molecule has 3 heterocycles. The Morgan fingerprint density at radius 2 is 2.41 bits per heavy atom. The summed E-state index contributed by atoms with van der Waals surface area (Å²) < 4.78 is 6.57. The van der Waals surface area contributed by atoms with E-state index in [4.69, 9.17) is 4.52 Å². The Balaban J connectivity index is 1.89. The second-order valence-electron chi connectivity index (χ2n) is 3.74. The van der Waals surface area contributed by atoms with Gasteiger partial charge in [0, 0.05) is 18.5 Å². The van der Waals surface area contributed by atoms with Gasteiger partial charge in [0.1, 0.15) is 17.5 Å². The third kappa shape index (κ3) is 1.84. The quantitative estimate of drug-likeness (QED) is 0.739. The van der Waals surface area contributed by atoms with Crippen LogP contribution < -0.4 is 5.32 Å².